The molecule has 3 aromatic rings. The minimum atomic E-state index is -2.93. The summed E-state index contributed by atoms with van der Waals surface area (Å²) in [6, 6.07) is 9.47. The van der Waals surface area contributed by atoms with Gasteiger partial charge in [0, 0.05) is 29.9 Å². The van der Waals surface area contributed by atoms with Gasteiger partial charge in [-0.2, -0.15) is 8.78 Å². The van der Waals surface area contributed by atoms with E-state index < -0.39 is 24.0 Å². The molecule has 1 aliphatic rings. The molecule has 1 fully saturated rings. The van der Waals surface area contributed by atoms with Crippen molar-refractivity contribution >= 4 is 23.5 Å². The van der Waals surface area contributed by atoms with Crippen LogP contribution in [0.15, 0.2) is 46.9 Å². The van der Waals surface area contributed by atoms with E-state index in [0.717, 1.165) is 6.07 Å². The zero-order valence-electron chi connectivity index (χ0n) is 16.8. The predicted molar refractivity (Wildman–Crippen MR) is 111 cm³/mol. The summed E-state index contributed by atoms with van der Waals surface area (Å²) in [4.78, 5) is 14.5. The second kappa shape index (κ2) is 9.29. The van der Waals surface area contributed by atoms with E-state index in [1.807, 2.05) is 10.6 Å². The molecule has 0 radical (unpaired) electrons. The topological polar surface area (TPSA) is 62.5 Å². The van der Waals surface area contributed by atoms with Crippen molar-refractivity contribution < 1.29 is 26.8 Å². The fraction of sp³-hybridized carbons (Fsp3) is 0.286. The number of halogens is 4. The van der Waals surface area contributed by atoms with Gasteiger partial charge in [-0.05, 0) is 36.6 Å². The summed E-state index contributed by atoms with van der Waals surface area (Å²) in [5.41, 5.74) is 0.615. The van der Waals surface area contributed by atoms with E-state index in [0.29, 0.717) is 18.8 Å². The SMILES string of the molecule is CSN1CC(C(=O)N(Cc2ccc(-c3nnc(C(F)F)o3)cc2F)c2cccc(F)c2)C1. The average molecular weight is 466 g/mol. The molecule has 1 saturated heterocycles. The molecule has 2 aromatic carbocycles. The molecular formula is C21H18F4N4O2S. The van der Waals surface area contributed by atoms with E-state index >= 15 is 0 Å². The molecule has 0 spiro atoms. The van der Waals surface area contributed by atoms with Crippen molar-refractivity contribution in [2.45, 2.75) is 13.0 Å². The largest absolute Gasteiger partial charge is 0.415 e. The molecule has 1 aliphatic heterocycles. The molecule has 0 bridgehead atoms. The van der Waals surface area contributed by atoms with Crippen molar-refractivity contribution in [3.05, 3.63) is 65.6 Å². The van der Waals surface area contributed by atoms with Crippen LogP contribution >= 0.6 is 11.9 Å². The van der Waals surface area contributed by atoms with Crippen molar-refractivity contribution in [2.24, 2.45) is 5.92 Å². The average Bonchev–Trinajstić information content (AvgIpc) is 3.22. The summed E-state index contributed by atoms with van der Waals surface area (Å²) in [6.07, 6.45) is -1.02. The number of alkyl halides is 2. The van der Waals surface area contributed by atoms with E-state index in [2.05, 4.69) is 10.2 Å². The summed E-state index contributed by atoms with van der Waals surface area (Å²) in [5.74, 6) is -2.81. The number of nitrogens with zero attached hydrogens (tertiary/aromatic N) is 4. The Morgan fingerprint density at radius 1 is 1.22 bits per heavy atom. The number of carbonyl (C=O) groups is 1. The Morgan fingerprint density at radius 2 is 2.00 bits per heavy atom. The smallest absolute Gasteiger partial charge is 0.314 e. The van der Waals surface area contributed by atoms with Crippen molar-refractivity contribution in [3.8, 4) is 11.5 Å². The van der Waals surface area contributed by atoms with Crippen LogP contribution in [-0.4, -0.2) is 39.8 Å². The van der Waals surface area contributed by atoms with Crippen LogP contribution in [0.4, 0.5) is 23.2 Å². The molecule has 0 atom stereocenters. The second-order valence-corrected chi connectivity index (χ2v) is 8.06. The number of rotatable bonds is 7. The van der Waals surface area contributed by atoms with E-state index in [1.165, 1.54) is 47.2 Å². The van der Waals surface area contributed by atoms with E-state index in [1.54, 1.807) is 6.07 Å². The van der Waals surface area contributed by atoms with Gasteiger partial charge in [-0.1, -0.05) is 24.1 Å². The Morgan fingerprint density at radius 3 is 2.62 bits per heavy atom. The van der Waals surface area contributed by atoms with Gasteiger partial charge < -0.3 is 9.32 Å². The van der Waals surface area contributed by atoms with Crippen molar-refractivity contribution in [1.82, 2.24) is 14.5 Å². The van der Waals surface area contributed by atoms with Gasteiger partial charge >= 0.3 is 6.43 Å². The predicted octanol–water partition coefficient (Wildman–Crippen LogP) is 4.70. The summed E-state index contributed by atoms with van der Waals surface area (Å²) >= 11 is 1.53. The maximum absolute atomic E-state index is 14.9. The molecule has 168 valence electrons. The van der Waals surface area contributed by atoms with E-state index in [-0.39, 0.29) is 35.4 Å². The van der Waals surface area contributed by atoms with Gasteiger partial charge in [0.2, 0.25) is 11.8 Å². The summed E-state index contributed by atoms with van der Waals surface area (Å²) in [5, 5.41) is 6.73. The zero-order valence-corrected chi connectivity index (χ0v) is 17.7. The van der Waals surface area contributed by atoms with Crippen LogP contribution < -0.4 is 4.90 Å². The molecule has 1 amide bonds. The minimum absolute atomic E-state index is 0.129. The standard InChI is InChI=1S/C21H18F4N4O2S/c1-32-28-9-14(10-28)21(30)29(16-4-2-3-15(22)8-16)11-13-6-5-12(7-17(13)23)19-26-27-20(31-19)18(24)25/h2-8,14,18H,9-11H2,1H3. The van der Waals surface area contributed by atoms with Gasteiger partial charge in [-0.25, -0.2) is 13.1 Å². The third-order valence-corrected chi connectivity index (χ3v) is 5.91. The highest BCUT2D eigenvalue weighted by Crippen LogP contribution is 2.29. The van der Waals surface area contributed by atoms with Gasteiger partial charge in [0.15, 0.2) is 0 Å². The lowest BCUT2D eigenvalue weighted by Crippen LogP contribution is -2.51. The fourth-order valence-corrected chi connectivity index (χ4v) is 3.98. The molecule has 6 nitrogen and oxygen atoms in total. The molecule has 0 N–H and O–H groups in total. The maximum atomic E-state index is 14.9. The van der Waals surface area contributed by atoms with Gasteiger partial charge in [0.05, 0.1) is 12.5 Å². The number of amides is 1. The number of hydrogen-bond donors (Lipinski definition) is 0. The Kier molecular flexibility index (Phi) is 6.47. The molecule has 4 rings (SSSR count). The Labute approximate surface area is 185 Å². The normalized spacial score (nSPS) is 14.6. The van der Waals surface area contributed by atoms with E-state index in [4.69, 9.17) is 4.42 Å². The molecule has 11 heteroatoms. The van der Waals surface area contributed by atoms with Gasteiger partial charge in [0.1, 0.15) is 11.6 Å². The molecule has 1 aromatic heterocycles. The summed E-state index contributed by atoms with van der Waals surface area (Å²) in [6.45, 7) is 0.976. The highest BCUT2D eigenvalue weighted by atomic mass is 32.2. The lowest BCUT2D eigenvalue weighted by Gasteiger charge is -2.39. The Bertz CT molecular complexity index is 1120. The van der Waals surface area contributed by atoms with Gasteiger partial charge in [0.25, 0.3) is 5.89 Å². The molecule has 0 saturated carbocycles. The Balaban J connectivity index is 1.59. The minimum Gasteiger partial charge on any atom is -0.415 e. The molecule has 0 unspecified atom stereocenters. The zero-order chi connectivity index (χ0) is 22.8. The third kappa shape index (κ3) is 4.63. The van der Waals surface area contributed by atoms with Crippen LogP contribution in [-0.2, 0) is 11.3 Å². The lowest BCUT2D eigenvalue weighted by atomic mass is 10.0. The van der Waals surface area contributed by atoms with Crippen LogP contribution in [0.5, 0.6) is 0 Å². The highest BCUT2D eigenvalue weighted by Gasteiger charge is 2.36. The summed E-state index contributed by atoms with van der Waals surface area (Å²) < 4.78 is 60.9. The highest BCUT2D eigenvalue weighted by molar-refractivity contribution is 7.96. The van der Waals surface area contributed by atoms with Crippen molar-refractivity contribution in [1.29, 1.82) is 0 Å². The molecule has 32 heavy (non-hydrogen) atoms. The first-order chi connectivity index (χ1) is 15.4. The fourth-order valence-electron chi connectivity index (χ4n) is 3.32. The molecule has 0 aliphatic carbocycles. The Hall–Kier alpha value is -2.92. The van der Waals surface area contributed by atoms with Crippen LogP contribution in [0.2, 0.25) is 0 Å². The van der Waals surface area contributed by atoms with Crippen molar-refractivity contribution in [2.75, 3.05) is 24.2 Å². The van der Waals surface area contributed by atoms with Crippen molar-refractivity contribution in [3.63, 3.8) is 0 Å². The number of hydrogen-bond acceptors (Lipinski definition) is 6. The van der Waals surface area contributed by atoms with Gasteiger partial charge in [-0.15, -0.1) is 10.2 Å². The third-order valence-electron chi connectivity index (χ3n) is 5.10. The second-order valence-electron chi connectivity index (χ2n) is 7.18. The van der Waals surface area contributed by atoms with Crippen LogP contribution in [0.25, 0.3) is 11.5 Å². The monoisotopic (exact) mass is 466 g/mol. The summed E-state index contributed by atoms with van der Waals surface area (Å²) in [7, 11) is 0. The maximum Gasteiger partial charge on any atom is 0.314 e. The first kappa shape index (κ1) is 22.3. The molecular weight excluding hydrogens is 448 g/mol. The number of carbonyl (C=O) groups excluding carboxylic acids is 1. The first-order valence-corrected chi connectivity index (χ1v) is 10.8. The lowest BCUT2D eigenvalue weighted by molar-refractivity contribution is -0.125. The number of anilines is 1. The first-order valence-electron chi connectivity index (χ1n) is 9.62. The number of benzene rings is 2. The quantitative estimate of drug-likeness (QED) is 0.372. The van der Waals surface area contributed by atoms with Crippen LogP contribution in [0.3, 0.4) is 0 Å². The van der Waals surface area contributed by atoms with Crippen LogP contribution in [0.1, 0.15) is 17.9 Å². The van der Waals surface area contributed by atoms with Gasteiger partial charge in [-0.3, -0.25) is 4.79 Å². The van der Waals surface area contributed by atoms with E-state index in [9.17, 15) is 22.4 Å². The number of aromatic nitrogens is 2. The molecule has 2 heterocycles. The van der Waals surface area contributed by atoms with Crippen LogP contribution in [0, 0.1) is 17.6 Å².